The van der Waals surface area contributed by atoms with E-state index in [2.05, 4.69) is 55.7 Å². The summed E-state index contributed by atoms with van der Waals surface area (Å²) in [5.74, 6) is 1.19. The summed E-state index contributed by atoms with van der Waals surface area (Å²) >= 11 is 0. The van der Waals surface area contributed by atoms with E-state index < -0.39 is 0 Å². The van der Waals surface area contributed by atoms with Gasteiger partial charge in [0.05, 0.1) is 6.61 Å². The molecule has 0 atom stereocenters. The highest BCUT2D eigenvalue weighted by molar-refractivity contribution is 5.87. The van der Waals surface area contributed by atoms with Gasteiger partial charge in [-0.25, -0.2) is 4.79 Å². The van der Waals surface area contributed by atoms with Crippen molar-refractivity contribution in [3.8, 4) is 0 Å². The largest absolute Gasteiger partial charge is 0.463 e. The molecule has 0 bridgehead atoms. The Balaban J connectivity index is 0.00000408. The number of ether oxygens (including phenoxy) is 1. The fourth-order valence-electron chi connectivity index (χ4n) is 5.50. The smallest absolute Gasteiger partial charge is 0.330 e. The molecule has 5 heteroatoms. The van der Waals surface area contributed by atoms with Gasteiger partial charge in [-0.1, -0.05) is 46.2 Å². The first kappa shape index (κ1) is 28.7. The molecule has 0 radical (unpaired) electrons. The highest BCUT2D eigenvalue weighted by Crippen LogP contribution is 2.45. The molecular weight excluding hydrogens is 444 g/mol. The van der Waals surface area contributed by atoms with Crippen LogP contribution < -0.4 is 4.90 Å². The van der Waals surface area contributed by atoms with E-state index in [4.69, 9.17) is 4.74 Å². The van der Waals surface area contributed by atoms with Crippen LogP contribution in [0.1, 0.15) is 90.2 Å². The van der Waals surface area contributed by atoms with Crippen LogP contribution in [0, 0.1) is 11.3 Å². The topological polar surface area (TPSA) is 32.8 Å². The highest BCUT2D eigenvalue weighted by atomic mass is 35.5. The van der Waals surface area contributed by atoms with E-state index in [-0.39, 0.29) is 18.4 Å². The molecule has 192 valence electrons. The van der Waals surface area contributed by atoms with Gasteiger partial charge >= 0.3 is 5.97 Å². The van der Waals surface area contributed by atoms with Crippen LogP contribution in [0.4, 0.5) is 5.69 Å². The molecule has 2 fully saturated rings. The number of benzene rings is 1. The van der Waals surface area contributed by atoms with Crippen LogP contribution in [0.3, 0.4) is 0 Å². The van der Waals surface area contributed by atoms with Crippen molar-refractivity contribution in [3.63, 3.8) is 0 Å². The quantitative estimate of drug-likeness (QED) is 0.292. The fourth-order valence-corrected chi connectivity index (χ4v) is 5.50. The van der Waals surface area contributed by atoms with Crippen LogP contribution >= 0.6 is 12.4 Å². The third-order valence-electron chi connectivity index (χ3n) is 7.69. The number of hydrogen-bond donors (Lipinski definition) is 0. The van der Waals surface area contributed by atoms with Crippen LogP contribution in [-0.4, -0.2) is 50.2 Å². The van der Waals surface area contributed by atoms with E-state index >= 15 is 0 Å². The van der Waals surface area contributed by atoms with E-state index in [1.165, 1.54) is 56.3 Å². The van der Waals surface area contributed by atoms with Crippen molar-refractivity contribution >= 4 is 30.1 Å². The number of anilines is 1. The molecule has 0 aromatic heterocycles. The second kappa shape index (κ2) is 13.5. The Labute approximate surface area is 214 Å². The number of halogens is 1. The molecule has 0 unspecified atom stereocenters. The Morgan fingerprint density at radius 1 is 1.06 bits per heavy atom. The first-order chi connectivity index (χ1) is 15.8. The maximum Gasteiger partial charge on any atom is 0.330 e. The van der Waals surface area contributed by atoms with Crippen molar-refractivity contribution in [2.45, 2.75) is 79.1 Å². The number of piperazine rings is 1. The minimum absolute atomic E-state index is 0. The molecule has 1 aromatic carbocycles. The maximum absolute atomic E-state index is 11.8. The van der Waals surface area contributed by atoms with E-state index in [1.54, 1.807) is 6.08 Å². The molecule has 1 aromatic rings. The molecule has 1 heterocycles. The van der Waals surface area contributed by atoms with Crippen LogP contribution in [0.5, 0.6) is 0 Å². The zero-order valence-corrected chi connectivity index (χ0v) is 23.0. The van der Waals surface area contributed by atoms with Crippen molar-refractivity contribution in [1.82, 2.24) is 4.90 Å². The Morgan fingerprint density at radius 2 is 1.74 bits per heavy atom. The predicted molar refractivity (Wildman–Crippen MR) is 147 cm³/mol. The van der Waals surface area contributed by atoms with E-state index in [9.17, 15) is 4.79 Å². The summed E-state index contributed by atoms with van der Waals surface area (Å²) in [7, 11) is 0. The summed E-state index contributed by atoms with van der Waals surface area (Å²) in [6, 6.07) is 6.83. The second-order valence-electron chi connectivity index (χ2n) is 11.0. The van der Waals surface area contributed by atoms with Crippen molar-refractivity contribution in [3.05, 3.63) is 35.4 Å². The highest BCUT2D eigenvalue weighted by Gasteiger charge is 2.32. The van der Waals surface area contributed by atoms with E-state index in [0.29, 0.717) is 17.9 Å². The van der Waals surface area contributed by atoms with Gasteiger partial charge in [0.25, 0.3) is 0 Å². The van der Waals surface area contributed by atoms with Gasteiger partial charge < -0.3 is 9.64 Å². The number of unbranched alkanes of at least 4 members (excludes halogenated alkanes) is 1. The van der Waals surface area contributed by atoms with Gasteiger partial charge in [-0.2, -0.15) is 0 Å². The zero-order valence-electron chi connectivity index (χ0n) is 22.1. The number of esters is 1. The van der Waals surface area contributed by atoms with Crippen molar-refractivity contribution in [2.75, 3.05) is 44.2 Å². The minimum atomic E-state index is -0.270. The van der Waals surface area contributed by atoms with Crippen LogP contribution in [-0.2, 0) is 9.53 Å². The van der Waals surface area contributed by atoms with Gasteiger partial charge in [0.1, 0.15) is 0 Å². The molecule has 0 amide bonds. The average molecular weight is 491 g/mol. The number of rotatable bonds is 8. The lowest BCUT2D eigenvalue weighted by molar-refractivity contribution is -0.137. The Hall–Kier alpha value is -1.52. The van der Waals surface area contributed by atoms with E-state index in [1.807, 2.05) is 13.0 Å². The molecular formula is C29H47ClN2O2. The molecule has 1 aliphatic carbocycles. The van der Waals surface area contributed by atoms with Gasteiger partial charge in [-0.05, 0) is 86.1 Å². The lowest BCUT2D eigenvalue weighted by Gasteiger charge is -2.40. The molecule has 1 saturated carbocycles. The molecule has 34 heavy (non-hydrogen) atoms. The van der Waals surface area contributed by atoms with Crippen LogP contribution in [0.25, 0.3) is 6.08 Å². The minimum Gasteiger partial charge on any atom is -0.463 e. The normalized spacial score (nSPS) is 22.0. The third kappa shape index (κ3) is 8.02. The molecule has 2 aliphatic rings. The first-order valence-corrected chi connectivity index (χ1v) is 13.3. The van der Waals surface area contributed by atoms with Crippen LogP contribution in [0.15, 0.2) is 24.3 Å². The lowest BCUT2D eigenvalue weighted by Crippen LogP contribution is -2.47. The molecule has 0 N–H and O–H groups in total. The summed E-state index contributed by atoms with van der Waals surface area (Å²) in [4.78, 5) is 17.0. The Morgan fingerprint density at radius 3 is 2.32 bits per heavy atom. The maximum atomic E-state index is 11.8. The average Bonchev–Trinajstić information content (AvgIpc) is 2.81. The Kier molecular flexibility index (Phi) is 11.4. The van der Waals surface area contributed by atoms with Crippen molar-refractivity contribution in [1.29, 1.82) is 0 Å². The summed E-state index contributed by atoms with van der Waals surface area (Å²) in [6.45, 7) is 17.4. The molecule has 0 spiro atoms. The number of carbonyl (C=O) groups excluding carboxylic acids is 1. The first-order valence-electron chi connectivity index (χ1n) is 13.3. The van der Waals surface area contributed by atoms with E-state index in [0.717, 1.165) is 37.7 Å². The lowest BCUT2D eigenvalue weighted by atomic mass is 9.68. The summed E-state index contributed by atoms with van der Waals surface area (Å²) in [5.41, 5.74) is 4.39. The van der Waals surface area contributed by atoms with Crippen LogP contribution in [0.2, 0.25) is 0 Å². The zero-order chi connectivity index (χ0) is 23.8. The van der Waals surface area contributed by atoms with Gasteiger partial charge in [0, 0.05) is 37.9 Å². The summed E-state index contributed by atoms with van der Waals surface area (Å²) in [6.07, 6.45) is 11.2. The van der Waals surface area contributed by atoms with Crippen molar-refractivity contribution < 1.29 is 9.53 Å². The monoisotopic (exact) mass is 490 g/mol. The number of hydrogen-bond acceptors (Lipinski definition) is 4. The standard InChI is InChI=1S/C29H46N2O2.ClH/c1-6-8-17-30-18-20-31(21-19-30)27-22-23(10-16-28(32)33-7-2)9-15-26(27)24-11-13-25(14-12-24)29(3,4)5;/h9-10,15-16,22,24-25H,6-8,11-14,17-21H2,1-5H3;1H. The number of nitrogens with zero attached hydrogens (tertiary/aromatic N) is 2. The third-order valence-corrected chi connectivity index (χ3v) is 7.69. The summed E-state index contributed by atoms with van der Waals surface area (Å²) < 4.78 is 5.07. The molecule has 1 aliphatic heterocycles. The Bertz CT molecular complexity index is 786. The molecule has 1 saturated heterocycles. The van der Waals surface area contributed by atoms with Crippen molar-refractivity contribution in [2.24, 2.45) is 11.3 Å². The van der Waals surface area contributed by atoms with Gasteiger partial charge in [0.15, 0.2) is 0 Å². The van der Waals surface area contributed by atoms with Gasteiger partial charge in [0.2, 0.25) is 0 Å². The molecule has 3 rings (SSSR count). The van der Waals surface area contributed by atoms with Gasteiger partial charge in [-0.15, -0.1) is 12.4 Å². The number of carbonyl (C=O) groups is 1. The second-order valence-corrected chi connectivity index (χ2v) is 11.0. The fraction of sp³-hybridized carbons (Fsp3) is 0.690. The van der Waals surface area contributed by atoms with Gasteiger partial charge in [-0.3, -0.25) is 4.90 Å². The summed E-state index contributed by atoms with van der Waals surface area (Å²) in [5, 5.41) is 0. The SMILES string of the molecule is CCCCN1CCN(c2cc(C=CC(=O)OCC)ccc2C2CCC(C(C)(C)C)CC2)CC1.Cl. The predicted octanol–water partition coefficient (Wildman–Crippen LogP) is 6.93. The molecule has 4 nitrogen and oxygen atoms in total.